The average molecular weight is 173 g/mol. The van der Waals surface area contributed by atoms with Gasteiger partial charge in [0.25, 0.3) is 0 Å². The van der Waals surface area contributed by atoms with Gasteiger partial charge >= 0.3 is 53.0 Å². The SMILES string of the molecule is COP([NH3+])(O)(OC)OC.[CH3-]. The molecule has 4 N–H and O–H groups in total. The standard InChI is InChI=1S/C3H12NO4P.CH3/c1-6-9(4,5,7-2)8-3;/h5H,4H2,1-3H3;1H3/q;-1/p+1. The van der Waals surface area contributed by atoms with Gasteiger partial charge in [-0.3, -0.25) is 0 Å². The van der Waals surface area contributed by atoms with E-state index < -0.39 is 7.66 Å². The molecule has 0 unspecified atom stereocenters. The van der Waals surface area contributed by atoms with Gasteiger partial charge in [0.05, 0.1) is 0 Å². The molecule has 0 rings (SSSR count). The molecule has 0 aliphatic heterocycles. The molecule has 0 aromatic heterocycles. The van der Waals surface area contributed by atoms with Crippen LogP contribution in [0.5, 0.6) is 0 Å². The summed E-state index contributed by atoms with van der Waals surface area (Å²) in [6, 6.07) is 0. The molecule has 66 valence electrons. The maximum absolute atomic E-state index is 9.26. The van der Waals surface area contributed by atoms with Gasteiger partial charge in [0.15, 0.2) is 0 Å². The summed E-state index contributed by atoms with van der Waals surface area (Å²) < 4.78 is 13.7. The predicted octanol–water partition coefficient (Wildman–Crippen LogP) is -0.262. The Hall–Kier alpha value is 0.230. The minimum absolute atomic E-state index is 0. The van der Waals surface area contributed by atoms with Crippen molar-refractivity contribution in [3.63, 3.8) is 0 Å². The quantitative estimate of drug-likeness (QED) is 0.455. The summed E-state index contributed by atoms with van der Waals surface area (Å²) in [7, 11) is -0.0500. The van der Waals surface area contributed by atoms with E-state index in [4.69, 9.17) is 0 Å². The van der Waals surface area contributed by atoms with Gasteiger partial charge in [-0.2, -0.15) is 0 Å². The fourth-order valence-corrected chi connectivity index (χ4v) is 0.671. The smallest absolute Gasteiger partial charge is 0.358 e. The van der Waals surface area contributed by atoms with Gasteiger partial charge in [-0.15, -0.1) is 0 Å². The van der Waals surface area contributed by atoms with E-state index in [-0.39, 0.29) is 7.43 Å². The van der Waals surface area contributed by atoms with E-state index >= 15 is 0 Å². The van der Waals surface area contributed by atoms with Gasteiger partial charge in [0.1, 0.15) is 0 Å². The molecule has 0 saturated carbocycles. The van der Waals surface area contributed by atoms with Crippen LogP contribution in [0.15, 0.2) is 0 Å². The van der Waals surface area contributed by atoms with Crippen molar-refractivity contribution in [2.45, 2.75) is 0 Å². The maximum atomic E-state index is 9.26. The summed E-state index contributed by atoms with van der Waals surface area (Å²) in [4.78, 5) is 9.26. The Morgan fingerprint density at radius 2 is 1.30 bits per heavy atom. The van der Waals surface area contributed by atoms with Crippen molar-refractivity contribution in [2.24, 2.45) is 0 Å². The molecule has 0 amide bonds. The molecule has 0 heterocycles. The minimum Gasteiger partial charge on any atom is -0.358 e. The third-order valence-electron chi connectivity index (χ3n) is 1.08. The number of hydrogen-bond acceptors (Lipinski definition) is 4. The van der Waals surface area contributed by atoms with Gasteiger partial charge in [-0.1, -0.05) is 0 Å². The van der Waals surface area contributed by atoms with Crippen LogP contribution in [-0.4, -0.2) is 26.2 Å². The van der Waals surface area contributed by atoms with Crippen molar-refractivity contribution in [3.8, 4) is 0 Å². The molecule has 0 bridgehead atoms. The second-order valence-corrected chi connectivity index (χ2v) is 4.63. The van der Waals surface area contributed by atoms with Crippen LogP contribution in [0.25, 0.3) is 0 Å². The van der Waals surface area contributed by atoms with Crippen molar-refractivity contribution in [1.82, 2.24) is 0 Å². The fourth-order valence-electron chi connectivity index (χ4n) is 0.224. The van der Waals surface area contributed by atoms with E-state index in [2.05, 4.69) is 19.1 Å². The molecule has 0 fully saturated rings. The molecule has 5 nitrogen and oxygen atoms in total. The van der Waals surface area contributed by atoms with Crippen LogP contribution in [0.1, 0.15) is 0 Å². The Labute approximate surface area is 61.4 Å². The first-order valence-electron chi connectivity index (χ1n) is 2.29. The van der Waals surface area contributed by atoms with E-state index in [1.165, 1.54) is 21.3 Å². The summed E-state index contributed by atoms with van der Waals surface area (Å²) in [5.74, 6) is 0. The van der Waals surface area contributed by atoms with Crippen molar-refractivity contribution in [1.29, 1.82) is 0 Å². The molecule has 0 aliphatic rings. The monoisotopic (exact) mass is 173 g/mol. The summed E-state index contributed by atoms with van der Waals surface area (Å²) in [5, 5.41) is 0. The molecule has 0 radical (unpaired) electrons. The van der Waals surface area contributed by atoms with Gasteiger partial charge in [0.2, 0.25) is 0 Å². The molecule has 10 heavy (non-hydrogen) atoms. The van der Waals surface area contributed by atoms with E-state index in [0.717, 1.165) is 0 Å². The van der Waals surface area contributed by atoms with Crippen LogP contribution in [0.2, 0.25) is 0 Å². The first-order valence-corrected chi connectivity index (χ1v) is 4.42. The average Bonchev–Trinajstić information content (AvgIpc) is 1.90. The van der Waals surface area contributed by atoms with Gasteiger partial charge in [-0.05, 0) is 0 Å². The van der Waals surface area contributed by atoms with E-state index in [1.807, 2.05) is 0 Å². The number of quaternary nitrogens is 1. The van der Waals surface area contributed by atoms with Crippen molar-refractivity contribution < 1.29 is 24.0 Å². The van der Waals surface area contributed by atoms with Crippen molar-refractivity contribution in [3.05, 3.63) is 7.43 Å². The van der Waals surface area contributed by atoms with Gasteiger partial charge in [0, 0.05) is 0 Å². The topological polar surface area (TPSA) is 75.6 Å². The summed E-state index contributed by atoms with van der Waals surface area (Å²) >= 11 is 0. The van der Waals surface area contributed by atoms with E-state index in [0.29, 0.717) is 0 Å². The maximum Gasteiger partial charge on any atom is -0.358 e. The third kappa shape index (κ3) is 2.88. The summed E-state index contributed by atoms with van der Waals surface area (Å²) in [5.41, 5.74) is 3.28. The molecule has 6 heteroatoms. The number of rotatable bonds is 3. The Balaban J connectivity index is 0. The molecule has 0 aromatic rings. The number of hydrogen-bond donors (Lipinski definition) is 2. The van der Waals surface area contributed by atoms with Gasteiger partial charge < -0.3 is 7.43 Å². The first-order chi connectivity index (χ1) is 3.96. The van der Waals surface area contributed by atoms with E-state index in [9.17, 15) is 4.89 Å². The molecular formula is C4H16NO4P. The van der Waals surface area contributed by atoms with Crippen LogP contribution < -0.4 is 5.50 Å². The fraction of sp³-hybridized carbons (Fsp3) is 0.750. The second kappa shape index (κ2) is 3.57. The van der Waals surface area contributed by atoms with Crippen LogP contribution >= 0.6 is 7.66 Å². The van der Waals surface area contributed by atoms with E-state index in [1.54, 1.807) is 0 Å². The van der Waals surface area contributed by atoms with Crippen LogP contribution in [0, 0.1) is 7.43 Å². The van der Waals surface area contributed by atoms with Gasteiger partial charge in [-0.25, -0.2) is 0 Å². The minimum atomic E-state index is -3.88. The molecule has 0 atom stereocenters. The Morgan fingerprint density at radius 1 is 1.10 bits per heavy atom. The third-order valence-corrected chi connectivity index (χ3v) is 3.24. The molecule has 0 spiro atoms. The van der Waals surface area contributed by atoms with Crippen LogP contribution in [0.3, 0.4) is 0 Å². The zero-order chi connectivity index (χ0) is 7.57. The predicted molar refractivity (Wildman–Crippen MR) is 39.5 cm³/mol. The van der Waals surface area contributed by atoms with Crippen LogP contribution in [0.4, 0.5) is 0 Å². The van der Waals surface area contributed by atoms with Crippen molar-refractivity contribution in [2.75, 3.05) is 21.3 Å². The zero-order valence-corrected chi connectivity index (χ0v) is 7.72. The van der Waals surface area contributed by atoms with Crippen molar-refractivity contribution >= 4 is 7.66 Å². The zero-order valence-electron chi connectivity index (χ0n) is 6.83. The first kappa shape index (κ1) is 12.9. The normalized spacial score (nSPS) is 15.1. The second-order valence-electron chi connectivity index (χ2n) is 1.54. The summed E-state index contributed by atoms with van der Waals surface area (Å²) in [6.45, 7) is 0. The molecule has 0 saturated heterocycles. The molecule has 0 aromatic carbocycles. The Morgan fingerprint density at radius 3 is 1.30 bits per heavy atom. The Bertz CT molecular complexity index is 88.4. The summed E-state index contributed by atoms with van der Waals surface area (Å²) in [6.07, 6.45) is 0. The molecular weight excluding hydrogens is 157 g/mol. The molecule has 0 aliphatic carbocycles. The van der Waals surface area contributed by atoms with Crippen LogP contribution in [-0.2, 0) is 13.6 Å². The Kier molecular flexibility index (Phi) is 4.60. The largest absolute Gasteiger partial charge is 0.358 e.